The number of aryl methyl sites for hydroxylation is 1. The number of nitrogens with one attached hydrogen (secondary N) is 1. The Bertz CT molecular complexity index is 176. The summed E-state index contributed by atoms with van der Waals surface area (Å²) < 4.78 is 11.9. The van der Waals surface area contributed by atoms with Gasteiger partial charge in [-0.2, -0.15) is 4.39 Å². The molecular formula is C4H4ClFN2. The van der Waals surface area contributed by atoms with Gasteiger partial charge in [0.2, 0.25) is 0 Å². The van der Waals surface area contributed by atoms with E-state index >= 15 is 0 Å². The van der Waals surface area contributed by atoms with Gasteiger partial charge in [0, 0.05) is 0 Å². The molecule has 0 aliphatic carbocycles. The summed E-state index contributed by atoms with van der Waals surface area (Å²) in [6.45, 7) is 1.63. The lowest BCUT2D eigenvalue weighted by Crippen LogP contribution is -1.71. The molecule has 1 aromatic heterocycles. The number of halogens is 2. The highest BCUT2D eigenvalue weighted by Gasteiger charge is 1.99. The zero-order chi connectivity index (χ0) is 6.15. The molecule has 0 amide bonds. The highest BCUT2D eigenvalue weighted by Crippen LogP contribution is 2.08. The first-order chi connectivity index (χ1) is 3.70. The first kappa shape index (κ1) is 5.56. The molecule has 0 saturated carbocycles. The Balaban J connectivity index is 3.14. The highest BCUT2D eigenvalue weighted by molar-refractivity contribution is 6.30. The second-order valence-corrected chi connectivity index (χ2v) is 1.80. The predicted molar refractivity (Wildman–Crippen MR) is 28.3 cm³/mol. The van der Waals surface area contributed by atoms with Gasteiger partial charge in [-0.1, -0.05) is 11.6 Å². The van der Waals surface area contributed by atoms with Crippen LogP contribution in [-0.2, 0) is 0 Å². The van der Waals surface area contributed by atoms with Crippen molar-refractivity contribution in [2.45, 2.75) is 6.92 Å². The number of hydrogen-bond acceptors (Lipinski definition) is 1. The fraction of sp³-hybridized carbons (Fsp3) is 0.250. The molecule has 0 unspecified atom stereocenters. The van der Waals surface area contributed by atoms with Gasteiger partial charge >= 0.3 is 0 Å². The molecule has 1 aromatic rings. The summed E-state index contributed by atoms with van der Waals surface area (Å²) >= 11 is 5.37. The van der Waals surface area contributed by atoms with Crippen LogP contribution in [0.5, 0.6) is 0 Å². The average Bonchev–Trinajstić information content (AvgIpc) is 1.85. The van der Waals surface area contributed by atoms with Gasteiger partial charge in [0.15, 0.2) is 0 Å². The Morgan fingerprint density at radius 3 is 2.50 bits per heavy atom. The zero-order valence-electron chi connectivity index (χ0n) is 4.20. The van der Waals surface area contributed by atoms with Gasteiger partial charge in [0.25, 0.3) is 6.08 Å². The highest BCUT2D eigenvalue weighted by atomic mass is 35.5. The molecular weight excluding hydrogens is 131 g/mol. The molecule has 0 bridgehead atoms. The maximum atomic E-state index is 11.9. The normalized spacial score (nSPS) is 9.88. The van der Waals surface area contributed by atoms with Crippen molar-refractivity contribution in [1.82, 2.24) is 9.97 Å². The average molecular weight is 135 g/mol. The van der Waals surface area contributed by atoms with Crippen LogP contribution in [0.4, 0.5) is 4.39 Å². The van der Waals surface area contributed by atoms with E-state index in [-0.39, 0.29) is 5.15 Å². The molecule has 8 heavy (non-hydrogen) atoms. The predicted octanol–water partition coefficient (Wildman–Crippen LogP) is 1.51. The third-order valence-corrected chi connectivity index (χ3v) is 1.16. The third-order valence-electron chi connectivity index (χ3n) is 0.796. The number of aromatic nitrogens is 2. The summed E-state index contributed by atoms with van der Waals surface area (Å²) in [5.41, 5.74) is 0.490. The quantitative estimate of drug-likeness (QED) is 0.573. The van der Waals surface area contributed by atoms with Crippen molar-refractivity contribution >= 4 is 11.6 Å². The Morgan fingerprint density at radius 2 is 2.38 bits per heavy atom. The van der Waals surface area contributed by atoms with Crippen molar-refractivity contribution in [1.29, 1.82) is 0 Å². The van der Waals surface area contributed by atoms with Gasteiger partial charge in [-0.05, 0) is 6.92 Å². The van der Waals surface area contributed by atoms with Crippen molar-refractivity contribution in [3.63, 3.8) is 0 Å². The van der Waals surface area contributed by atoms with Crippen LogP contribution in [0.1, 0.15) is 5.69 Å². The van der Waals surface area contributed by atoms with Gasteiger partial charge in [-0.15, -0.1) is 0 Å². The zero-order valence-corrected chi connectivity index (χ0v) is 4.96. The number of H-pyrrole nitrogens is 1. The largest absolute Gasteiger partial charge is 0.305 e. The number of rotatable bonds is 0. The Hall–Kier alpha value is -0.570. The van der Waals surface area contributed by atoms with Crippen molar-refractivity contribution in [2.24, 2.45) is 0 Å². The molecule has 0 aliphatic heterocycles. The maximum absolute atomic E-state index is 11.9. The second kappa shape index (κ2) is 1.74. The number of hydrogen-bond donors (Lipinski definition) is 1. The lowest BCUT2D eigenvalue weighted by atomic mass is 10.6. The van der Waals surface area contributed by atoms with Crippen molar-refractivity contribution < 1.29 is 4.39 Å². The Labute approximate surface area is 50.7 Å². The molecule has 2 nitrogen and oxygen atoms in total. The van der Waals surface area contributed by atoms with Crippen LogP contribution >= 0.6 is 11.6 Å². The smallest absolute Gasteiger partial charge is 0.287 e. The van der Waals surface area contributed by atoms with Crippen LogP contribution in [0.2, 0.25) is 5.15 Å². The van der Waals surface area contributed by atoms with Crippen molar-refractivity contribution in [3.05, 3.63) is 16.9 Å². The lowest BCUT2D eigenvalue weighted by Gasteiger charge is -1.75. The van der Waals surface area contributed by atoms with Gasteiger partial charge < -0.3 is 4.98 Å². The fourth-order valence-electron chi connectivity index (χ4n) is 0.405. The fourth-order valence-corrected chi connectivity index (χ4v) is 0.526. The van der Waals surface area contributed by atoms with E-state index in [1.165, 1.54) is 0 Å². The summed E-state index contributed by atoms with van der Waals surface area (Å²) in [7, 11) is 0. The topological polar surface area (TPSA) is 28.7 Å². The molecule has 0 aliphatic rings. The number of imidazole rings is 1. The van der Waals surface area contributed by atoms with E-state index in [1.807, 2.05) is 0 Å². The molecule has 4 heteroatoms. The first-order valence-electron chi connectivity index (χ1n) is 2.08. The summed E-state index contributed by atoms with van der Waals surface area (Å²) in [4.78, 5) is 5.55. The minimum atomic E-state index is -0.632. The molecule has 0 atom stereocenters. The van der Waals surface area contributed by atoms with Crippen LogP contribution in [0.25, 0.3) is 0 Å². The van der Waals surface area contributed by atoms with E-state index in [9.17, 15) is 4.39 Å². The first-order valence-corrected chi connectivity index (χ1v) is 2.45. The molecule has 1 N–H and O–H groups in total. The Morgan fingerprint density at radius 1 is 1.75 bits per heavy atom. The van der Waals surface area contributed by atoms with Crippen LogP contribution in [0, 0.1) is 13.0 Å². The maximum Gasteiger partial charge on any atom is 0.287 e. The van der Waals surface area contributed by atoms with E-state index in [1.54, 1.807) is 6.92 Å². The van der Waals surface area contributed by atoms with Crippen LogP contribution in [-0.4, -0.2) is 9.97 Å². The summed E-state index contributed by atoms with van der Waals surface area (Å²) in [6.07, 6.45) is -0.632. The molecule has 0 aromatic carbocycles. The summed E-state index contributed by atoms with van der Waals surface area (Å²) in [6, 6.07) is 0. The van der Waals surface area contributed by atoms with E-state index in [0.717, 1.165) is 0 Å². The van der Waals surface area contributed by atoms with E-state index < -0.39 is 6.08 Å². The summed E-state index contributed by atoms with van der Waals surface area (Å²) in [5, 5.41) is 0.266. The number of aromatic amines is 1. The standard InChI is InChI=1S/C4H4ClFN2/c1-2-3(5)8-4(6)7-2/h1H3,(H,7,8). The Kier molecular flexibility index (Phi) is 1.21. The SMILES string of the molecule is Cc1nc(F)[nH]c1Cl. The molecule has 1 heterocycles. The van der Waals surface area contributed by atoms with Gasteiger partial charge in [-0.3, -0.25) is 0 Å². The summed E-state index contributed by atoms with van der Waals surface area (Å²) in [5.74, 6) is 0. The minimum absolute atomic E-state index is 0.266. The van der Waals surface area contributed by atoms with Crippen LogP contribution < -0.4 is 0 Å². The van der Waals surface area contributed by atoms with Crippen molar-refractivity contribution in [2.75, 3.05) is 0 Å². The second-order valence-electron chi connectivity index (χ2n) is 1.43. The monoisotopic (exact) mass is 134 g/mol. The molecule has 0 saturated heterocycles. The molecule has 0 radical (unpaired) electrons. The minimum Gasteiger partial charge on any atom is -0.305 e. The van der Waals surface area contributed by atoms with Gasteiger partial charge in [0.1, 0.15) is 5.15 Å². The van der Waals surface area contributed by atoms with Gasteiger partial charge in [-0.25, -0.2) is 4.98 Å². The van der Waals surface area contributed by atoms with E-state index in [4.69, 9.17) is 11.6 Å². The van der Waals surface area contributed by atoms with Crippen molar-refractivity contribution in [3.8, 4) is 0 Å². The van der Waals surface area contributed by atoms with Crippen LogP contribution in [0.15, 0.2) is 0 Å². The number of nitrogens with zero attached hydrogens (tertiary/aromatic N) is 1. The third kappa shape index (κ3) is 0.816. The van der Waals surface area contributed by atoms with Gasteiger partial charge in [0.05, 0.1) is 5.69 Å². The van der Waals surface area contributed by atoms with Crippen LogP contribution in [0.3, 0.4) is 0 Å². The van der Waals surface area contributed by atoms with E-state index in [2.05, 4.69) is 9.97 Å². The molecule has 44 valence electrons. The molecule has 1 rings (SSSR count). The lowest BCUT2D eigenvalue weighted by molar-refractivity contribution is 0.551. The molecule has 0 spiro atoms. The molecule has 0 fully saturated rings. The van der Waals surface area contributed by atoms with E-state index in [0.29, 0.717) is 5.69 Å².